The zero-order valence-electron chi connectivity index (χ0n) is 9.97. The lowest BCUT2D eigenvalue weighted by molar-refractivity contribution is 0.0681. The first-order chi connectivity index (χ1) is 8.09. The number of nitrogens with zero attached hydrogens (tertiary/aromatic N) is 1. The molecule has 1 aliphatic heterocycles. The predicted octanol–water partition coefficient (Wildman–Crippen LogP) is 0.393. The van der Waals surface area contributed by atoms with Gasteiger partial charge in [0.15, 0.2) is 0 Å². The van der Waals surface area contributed by atoms with Gasteiger partial charge in [0.25, 0.3) is 5.91 Å². The Bertz CT molecular complexity index is 418. The van der Waals surface area contributed by atoms with Crippen LogP contribution in [0.5, 0.6) is 0 Å². The maximum absolute atomic E-state index is 12.2. The van der Waals surface area contributed by atoms with Crippen molar-refractivity contribution in [2.75, 3.05) is 13.1 Å². The molecule has 0 aliphatic carbocycles. The van der Waals surface area contributed by atoms with Gasteiger partial charge in [-0.15, -0.1) is 0 Å². The van der Waals surface area contributed by atoms with Crippen LogP contribution in [0.3, 0.4) is 0 Å². The maximum Gasteiger partial charge on any atom is 0.254 e. The minimum Gasteiger partial charge on any atom is -0.392 e. The maximum atomic E-state index is 12.2. The van der Waals surface area contributed by atoms with Gasteiger partial charge in [-0.3, -0.25) is 4.79 Å². The van der Waals surface area contributed by atoms with Gasteiger partial charge in [0.05, 0.1) is 6.10 Å². The molecule has 1 aromatic rings. The molecule has 1 heterocycles. The van der Waals surface area contributed by atoms with E-state index in [-0.39, 0.29) is 11.9 Å². The van der Waals surface area contributed by atoms with Crippen molar-refractivity contribution in [2.24, 2.45) is 5.73 Å². The molecular weight excluding hydrogens is 216 g/mol. The largest absolute Gasteiger partial charge is 0.392 e. The van der Waals surface area contributed by atoms with Crippen molar-refractivity contribution in [1.29, 1.82) is 0 Å². The number of hydrogen-bond acceptors (Lipinski definition) is 3. The highest BCUT2D eigenvalue weighted by molar-refractivity contribution is 5.96. The standard InChI is InChI=1S/C13H18N2O2/c1-9(16)12(14)8-15-7-6-10-4-2-3-5-11(10)13(15)17/h2-5,9,12,16H,6-8,14H2,1H3. The van der Waals surface area contributed by atoms with E-state index in [4.69, 9.17) is 5.73 Å². The molecule has 3 N–H and O–H groups in total. The van der Waals surface area contributed by atoms with Crippen LogP contribution in [-0.2, 0) is 6.42 Å². The Labute approximate surface area is 101 Å². The Balaban J connectivity index is 2.12. The number of fused-ring (bicyclic) bond motifs is 1. The van der Waals surface area contributed by atoms with Crippen LogP contribution in [0.25, 0.3) is 0 Å². The van der Waals surface area contributed by atoms with Crippen LogP contribution in [0.1, 0.15) is 22.8 Å². The van der Waals surface area contributed by atoms with Gasteiger partial charge in [0, 0.05) is 24.7 Å². The molecule has 2 unspecified atom stereocenters. The number of carbonyl (C=O) groups excluding carboxylic acids is 1. The molecule has 2 rings (SSSR count). The van der Waals surface area contributed by atoms with Crippen molar-refractivity contribution in [3.05, 3.63) is 35.4 Å². The fourth-order valence-corrected chi connectivity index (χ4v) is 2.06. The minimum atomic E-state index is -0.597. The first-order valence-electron chi connectivity index (χ1n) is 5.90. The van der Waals surface area contributed by atoms with E-state index in [1.165, 1.54) is 0 Å². The molecule has 4 heteroatoms. The quantitative estimate of drug-likeness (QED) is 0.795. The number of nitrogens with two attached hydrogens (primary N) is 1. The Morgan fingerprint density at radius 3 is 2.88 bits per heavy atom. The molecule has 0 fully saturated rings. The lowest BCUT2D eigenvalue weighted by Gasteiger charge is -2.31. The molecule has 0 saturated carbocycles. The summed E-state index contributed by atoms with van der Waals surface area (Å²) >= 11 is 0. The van der Waals surface area contributed by atoms with Crippen molar-refractivity contribution in [3.63, 3.8) is 0 Å². The lowest BCUT2D eigenvalue weighted by Crippen LogP contribution is -2.48. The van der Waals surface area contributed by atoms with E-state index < -0.39 is 6.10 Å². The number of aliphatic hydroxyl groups excluding tert-OH is 1. The average molecular weight is 234 g/mol. The zero-order chi connectivity index (χ0) is 12.4. The Kier molecular flexibility index (Phi) is 3.45. The fourth-order valence-electron chi connectivity index (χ4n) is 2.06. The normalized spacial score (nSPS) is 18.8. The van der Waals surface area contributed by atoms with Crippen molar-refractivity contribution >= 4 is 5.91 Å². The SMILES string of the molecule is CC(O)C(N)CN1CCc2ccccc2C1=O. The van der Waals surface area contributed by atoms with E-state index in [2.05, 4.69) is 0 Å². The second kappa shape index (κ2) is 4.85. The number of amides is 1. The first kappa shape index (κ1) is 12.1. The van der Waals surface area contributed by atoms with Gasteiger partial charge in [-0.2, -0.15) is 0 Å². The molecule has 0 radical (unpaired) electrons. The van der Waals surface area contributed by atoms with Crippen LogP contribution in [0, 0.1) is 0 Å². The van der Waals surface area contributed by atoms with Gasteiger partial charge in [-0.25, -0.2) is 0 Å². The summed E-state index contributed by atoms with van der Waals surface area (Å²) in [5.41, 5.74) is 7.64. The number of aliphatic hydroxyl groups is 1. The summed E-state index contributed by atoms with van der Waals surface area (Å²) in [5, 5.41) is 9.37. The van der Waals surface area contributed by atoms with Crippen LogP contribution < -0.4 is 5.73 Å². The zero-order valence-corrected chi connectivity index (χ0v) is 9.97. The van der Waals surface area contributed by atoms with Crippen molar-refractivity contribution < 1.29 is 9.90 Å². The minimum absolute atomic E-state index is 0.0166. The highest BCUT2D eigenvalue weighted by atomic mass is 16.3. The second-order valence-corrected chi connectivity index (χ2v) is 4.56. The lowest BCUT2D eigenvalue weighted by atomic mass is 9.98. The predicted molar refractivity (Wildman–Crippen MR) is 65.7 cm³/mol. The van der Waals surface area contributed by atoms with Crippen LogP contribution in [0.4, 0.5) is 0 Å². The highest BCUT2D eigenvalue weighted by Crippen LogP contribution is 2.18. The Morgan fingerprint density at radius 2 is 2.18 bits per heavy atom. The third-order valence-corrected chi connectivity index (χ3v) is 3.24. The molecule has 1 amide bonds. The van der Waals surface area contributed by atoms with Gasteiger partial charge in [-0.05, 0) is 25.0 Å². The molecule has 2 atom stereocenters. The molecular formula is C13H18N2O2. The summed E-state index contributed by atoms with van der Waals surface area (Å²) in [4.78, 5) is 13.9. The van der Waals surface area contributed by atoms with Crippen LogP contribution >= 0.6 is 0 Å². The monoisotopic (exact) mass is 234 g/mol. The van der Waals surface area contributed by atoms with Gasteiger partial charge in [0.2, 0.25) is 0 Å². The van der Waals surface area contributed by atoms with E-state index in [9.17, 15) is 9.90 Å². The van der Waals surface area contributed by atoms with E-state index in [1.807, 2.05) is 24.3 Å². The average Bonchev–Trinajstić information content (AvgIpc) is 2.33. The smallest absolute Gasteiger partial charge is 0.254 e. The molecule has 0 aromatic heterocycles. The Morgan fingerprint density at radius 1 is 1.47 bits per heavy atom. The molecule has 0 saturated heterocycles. The number of rotatable bonds is 3. The molecule has 0 spiro atoms. The van der Waals surface area contributed by atoms with E-state index in [1.54, 1.807) is 11.8 Å². The fraction of sp³-hybridized carbons (Fsp3) is 0.462. The highest BCUT2D eigenvalue weighted by Gasteiger charge is 2.25. The number of carbonyl (C=O) groups is 1. The van der Waals surface area contributed by atoms with E-state index in [0.717, 1.165) is 17.5 Å². The van der Waals surface area contributed by atoms with Crippen LogP contribution in [-0.4, -0.2) is 41.1 Å². The van der Waals surface area contributed by atoms with Crippen molar-refractivity contribution in [3.8, 4) is 0 Å². The number of hydrogen-bond donors (Lipinski definition) is 2. The van der Waals surface area contributed by atoms with Gasteiger partial charge in [0.1, 0.15) is 0 Å². The Hall–Kier alpha value is -1.39. The molecule has 0 bridgehead atoms. The van der Waals surface area contributed by atoms with Gasteiger partial charge < -0.3 is 15.7 Å². The second-order valence-electron chi connectivity index (χ2n) is 4.56. The first-order valence-corrected chi connectivity index (χ1v) is 5.90. The molecule has 17 heavy (non-hydrogen) atoms. The molecule has 1 aromatic carbocycles. The summed E-state index contributed by atoms with van der Waals surface area (Å²) in [6, 6.07) is 7.26. The summed E-state index contributed by atoms with van der Waals surface area (Å²) in [6.07, 6.45) is 0.258. The third-order valence-electron chi connectivity index (χ3n) is 3.24. The summed E-state index contributed by atoms with van der Waals surface area (Å²) in [6.45, 7) is 2.73. The van der Waals surface area contributed by atoms with Crippen LogP contribution in [0.2, 0.25) is 0 Å². The van der Waals surface area contributed by atoms with E-state index in [0.29, 0.717) is 13.1 Å². The summed E-state index contributed by atoms with van der Waals surface area (Å²) < 4.78 is 0. The summed E-state index contributed by atoms with van der Waals surface area (Å²) in [7, 11) is 0. The third kappa shape index (κ3) is 2.48. The number of benzene rings is 1. The van der Waals surface area contributed by atoms with Gasteiger partial charge >= 0.3 is 0 Å². The topological polar surface area (TPSA) is 66.6 Å². The van der Waals surface area contributed by atoms with Crippen molar-refractivity contribution in [2.45, 2.75) is 25.5 Å². The van der Waals surface area contributed by atoms with Crippen LogP contribution in [0.15, 0.2) is 24.3 Å². The molecule has 1 aliphatic rings. The molecule has 92 valence electrons. The summed E-state index contributed by atoms with van der Waals surface area (Å²) in [5.74, 6) is 0.0166. The van der Waals surface area contributed by atoms with E-state index >= 15 is 0 Å². The molecule has 4 nitrogen and oxygen atoms in total. The van der Waals surface area contributed by atoms with Gasteiger partial charge in [-0.1, -0.05) is 18.2 Å². The van der Waals surface area contributed by atoms with Crippen molar-refractivity contribution in [1.82, 2.24) is 4.90 Å².